The Morgan fingerprint density at radius 1 is 1.00 bits per heavy atom. The Bertz CT molecular complexity index is 1160. The molecule has 0 saturated carbocycles. The summed E-state index contributed by atoms with van der Waals surface area (Å²) in [5, 5.41) is 11.3. The number of Topliss-reactive ketones (excluding diaryl/α,β-unsaturated/α-hetero) is 1. The van der Waals surface area contributed by atoms with Crippen molar-refractivity contribution < 1.29 is 38.4 Å². The summed E-state index contributed by atoms with van der Waals surface area (Å²) < 4.78 is 28.0. The van der Waals surface area contributed by atoms with Crippen molar-refractivity contribution in [2.24, 2.45) is 0 Å². The van der Waals surface area contributed by atoms with Crippen molar-refractivity contribution in [1.29, 1.82) is 0 Å². The van der Waals surface area contributed by atoms with Gasteiger partial charge in [-0.15, -0.1) is 0 Å². The Morgan fingerprint density at radius 3 is 2.50 bits per heavy atom. The van der Waals surface area contributed by atoms with E-state index < -0.39 is 17.7 Å². The van der Waals surface area contributed by atoms with Crippen molar-refractivity contribution in [3.05, 3.63) is 53.1 Å². The first-order valence-corrected chi connectivity index (χ1v) is 12.1. The van der Waals surface area contributed by atoms with Crippen LogP contribution in [-0.2, 0) is 14.3 Å². The molecule has 0 aliphatic carbocycles. The number of amides is 1. The summed E-state index contributed by atoms with van der Waals surface area (Å²) in [5.41, 5.74) is 0.941. The van der Waals surface area contributed by atoms with Crippen LogP contribution < -0.4 is 18.9 Å². The second-order valence-corrected chi connectivity index (χ2v) is 8.33. The maximum absolute atomic E-state index is 13.2. The Kier molecular flexibility index (Phi) is 8.00. The highest BCUT2D eigenvalue weighted by Crippen LogP contribution is 2.43. The maximum Gasteiger partial charge on any atom is 0.295 e. The van der Waals surface area contributed by atoms with Crippen LogP contribution in [0.2, 0.25) is 0 Å². The van der Waals surface area contributed by atoms with Gasteiger partial charge in [0.25, 0.3) is 11.7 Å². The van der Waals surface area contributed by atoms with Crippen molar-refractivity contribution in [1.82, 2.24) is 4.90 Å². The summed E-state index contributed by atoms with van der Waals surface area (Å²) in [6, 6.07) is 9.37. The molecule has 0 radical (unpaired) electrons. The van der Waals surface area contributed by atoms with E-state index in [1.807, 2.05) is 13.8 Å². The van der Waals surface area contributed by atoms with Gasteiger partial charge in [-0.2, -0.15) is 0 Å². The van der Waals surface area contributed by atoms with Gasteiger partial charge in [0.05, 0.1) is 31.4 Å². The van der Waals surface area contributed by atoms with Crippen molar-refractivity contribution in [3.8, 4) is 23.0 Å². The van der Waals surface area contributed by atoms with E-state index in [9.17, 15) is 14.7 Å². The van der Waals surface area contributed by atoms with Crippen molar-refractivity contribution >= 4 is 17.4 Å². The zero-order valence-electron chi connectivity index (χ0n) is 20.7. The number of ketones is 1. The van der Waals surface area contributed by atoms with E-state index in [-0.39, 0.29) is 24.5 Å². The van der Waals surface area contributed by atoms with E-state index in [0.717, 1.165) is 6.42 Å². The number of likely N-dealkylation sites (tertiary alicyclic amines) is 1. The summed E-state index contributed by atoms with van der Waals surface area (Å²) in [4.78, 5) is 27.7. The molecule has 1 N–H and O–H groups in total. The summed E-state index contributed by atoms with van der Waals surface area (Å²) in [5.74, 6) is 0.321. The number of hydrogen-bond donors (Lipinski definition) is 1. The minimum Gasteiger partial charge on any atom is -0.507 e. The predicted molar refractivity (Wildman–Crippen MR) is 132 cm³/mol. The van der Waals surface area contributed by atoms with Crippen LogP contribution in [0.15, 0.2) is 42.0 Å². The summed E-state index contributed by atoms with van der Waals surface area (Å²) in [7, 11) is 1.52. The lowest BCUT2D eigenvalue weighted by Gasteiger charge is -2.26. The number of nitrogens with zero attached hydrogens (tertiary/aromatic N) is 1. The Labute approximate surface area is 210 Å². The van der Waals surface area contributed by atoms with Crippen LogP contribution in [0.1, 0.15) is 37.4 Å². The number of benzene rings is 2. The van der Waals surface area contributed by atoms with Crippen LogP contribution in [0.3, 0.4) is 0 Å². The second-order valence-electron chi connectivity index (χ2n) is 8.33. The maximum atomic E-state index is 13.2. The highest BCUT2D eigenvalue weighted by molar-refractivity contribution is 6.46. The van der Waals surface area contributed by atoms with Crippen LogP contribution in [-0.4, -0.2) is 68.4 Å². The molecule has 2 aliphatic heterocycles. The van der Waals surface area contributed by atoms with Gasteiger partial charge in [0, 0.05) is 19.2 Å². The third-order valence-corrected chi connectivity index (χ3v) is 5.94. The zero-order valence-corrected chi connectivity index (χ0v) is 20.7. The molecule has 2 heterocycles. The number of carbonyl (C=O) groups is 2. The number of aliphatic hydroxyl groups is 1. The fraction of sp³-hybridized carbons (Fsp3) is 0.407. The van der Waals surface area contributed by atoms with Crippen molar-refractivity contribution in [2.45, 2.75) is 26.3 Å². The van der Waals surface area contributed by atoms with Crippen LogP contribution in [0.25, 0.3) is 5.76 Å². The van der Waals surface area contributed by atoms with Crippen LogP contribution in [0.4, 0.5) is 0 Å². The molecule has 36 heavy (non-hydrogen) atoms. The van der Waals surface area contributed by atoms with E-state index in [4.69, 9.17) is 23.7 Å². The van der Waals surface area contributed by atoms with Crippen LogP contribution >= 0.6 is 0 Å². The Morgan fingerprint density at radius 2 is 1.78 bits per heavy atom. The Balaban J connectivity index is 1.82. The smallest absolute Gasteiger partial charge is 0.295 e. The van der Waals surface area contributed by atoms with Gasteiger partial charge in [0.2, 0.25) is 0 Å². The van der Waals surface area contributed by atoms with Gasteiger partial charge in [-0.25, -0.2) is 0 Å². The van der Waals surface area contributed by atoms with E-state index in [1.54, 1.807) is 36.4 Å². The lowest BCUT2D eigenvalue weighted by Crippen LogP contribution is -2.32. The lowest BCUT2D eigenvalue weighted by molar-refractivity contribution is -0.140. The molecule has 1 saturated heterocycles. The minimum absolute atomic E-state index is 0.0162. The first kappa shape index (κ1) is 25.4. The molecule has 4 rings (SSSR count). The number of aliphatic hydroxyl groups excluding tert-OH is 1. The fourth-order valence-electron chi connectivity index (χ4n) is 4.29. The van der Waals surface area contributed by atoms with Gasteiger partial charge in [-0.05, 0) is 49.2 Å². The van der Waals surface area contributed by atoms with Crippen LogP contribution in [0, 0.1) is 0 Å². The van der Waals surface area contributed by atoms with Gasteiger partial charge in [0.1, 0.15) is 19.0 Å². The average Bonchev–Trinajstić information content (AvgIpc) is 3.15. The number of rotatable bonds is 10. The molecule has 0 spiro atoms. The number of methoxy groups -OCH3 is 1. The third kappa shape index (κ3) is 4.97. The lowest BCUT2D eigenvalue weighted by atomic mass is 9.94. The Hall–Kier alpha value is -3.72. The highest BCUT2D eigenvalue weighted by Gasteiger charge is 2.46. The van der Waals surface area contributed by atoms with E-state index >= 15 is 0 Å². The van der Waals surface area contributed by atoms with Crippen molar-refractivity contribution in [2.75, 3.05) is 46.7 Å². The normalized spacial score (nSPS) is 18.4. The molecular weight excluding hydrogens is 466 g/mol. The molecule has 1 amide bonds. The van der Waals surface area contributed by atoms with E-state index in [0.29, 0.717) is 60.6 Å². The molecule has 9 nitrogen and oxygen atoms in total. The first-order valence-electron chi connectivity index (χ1n) is 12.1. The molecule has 1 atom stereocenters. The molecule has 0 aromatic heterocycles. The molecule has 2 aromatic rings. The van der Waals surface area contributed by atoms with Gasteiger partial charge in [0.15, 0.2) is 23.0 Å². The minimum atomic E-state index is -0.840. The molecule has 2 aromatic carbocycles. The topological polar surface area (TPSA) is 104 Å². The first-order chi connectivity index (χ1) is 17.5. The third-order valence-electron chi connectivity index (χ3n) is 5.94. The van der Waals surface area contributed by atoms with E-state index in [2.05, 4.69) is 0 Å². The zero-order chi connectivity index (χ0) is 25.7. The molecule has 1 fully saturated rings. The molecule has 1 unspecified atom stereocenters. The van der Waals surface area contributed by atoms with Gasteiger partial charge < -0.3 is 33.7 Å². The fourth-order valence-corrected chi connectivity index (χ4v) is 4.29. The quantitative estimate of drug-likeness (QED) is 0.301. The summed E-state index contributed by atoms with van der Waals surface area (Å²) >= 11 is 0. The molecule has 2 aliphatic rings. The monoisotopic (exact) mass is 497 g/mol. The highest BCUT2D eigenvalue weighted by atomic mass is 16.6. The largest absolute Gasteiger partial charge is 0.507 e. The van der Waals surface area contributed by atoms with Crippen molar-refractivity contribution in [3.63, 3.8) is 0 Å². The number of carbonyl (C=O) groups excluding carboxylic acids is 2. The average molecular weight is 498 g/mol. The summed E-state index contributed by atoms with van der Waals surface area (Å²) in [6.45, 7) is 6.02. The van der Waals surface area contributed by atoms with E-state index in [1.165, 1.54) is 12.0 Å². The molecule has 9 heteroatoms. The second kappa shape index (κ2) is 11.3. The molecule has 192 valence electrons. The van der Waals surface area contributed by atoms with Crippen LogP contribution in [0.5, 0.6) is 23.0 Å². The number of hydrogen-bond acceptors (Lipinski definition) is 8. The van der Waals surface area contributed by atoms with Gasteiger partial charge in [-0.3, -0.25) is 9.59 Å². The summed E-state index contributed by atoms with van der Waals surface area (Å²) in [6.07, 6.45) is 0.833. The number of ether oxygens (including phenoxy) is 5. The number of fused-ring (bicyclic) bond motifs is 1. The standard InChI is InChI=1S/C27H31NO8/c1-4-11-34-19-8-6-17(15-21(19)33-5-2)24-23(26(30)27(31)28(24)10-12-32-3)25(29)18-7-9-20-22(16-18)36-14-13-35-20/h6-9,15-16,24,29H,4-5,10-14H2,1-3H3. The van der Waals surface area contributed by atoms with Gasteiger partial charge in [-0.1, -0.05) is 13.0 Å². The molecular formula is C27H31NO8. The van der Waals surface area contributed by atoms with Gasteiger partial charge >= 0.3 is 0 Å². The predicted octanol–water partition coefficient (Wildman–Crippen LogP) is 3.71. The molecule has 0 bridgehead atoms. The SMILES string of the molecule is CCCOc1ccc(C2C(=C(O)c3ccc4c(c3)OCCO4)C(=O)C(=O)N2CCOC)cc1OCC.